The number of methoxy groups -OCH3 is 1. The first-order valence-electron chi connectivity index (χ1n) is 7.87. The lowest BCUT2D eigenvalue weighted by atomic mass is 9.67. The first-order valence-corrected chi connectivity index (χ1v) is 7.87. The van der Waals surface area contributed by atoms with Gasteiger partial charge < -0.3 is 26.6 Å². The second-order valence-corrected chi connectivity index (χ2v) is 6.76. The summed E-state index contributed by atoms with van der Waals surface area (Å²) in [6.07, 6.45) is 0.739. The van der Waals surface area contributed by atoms with Crippen LogP contribution in [0.1, 0.15) is 35.3 Å². The average Bonchev–Trinajstić information content (AvgIpc) is 2.52. The lowest BCUT2D eigenvalue weighted by molar-refractivity contribution is 0.0344. The van der Waals surface area contributed by atoms with Crippen LogP contribution in [0.4, 0.5) is 0 Å². The predicted octanol–water partition coefficient (Wildman–Crippen LogP) is 0.334. The largest absolute Gasteiger partial charge is 0.395 e. The highest BCUT2D eigenvalue weighted by Crippen LogP contribution is 2.38. The minimum Gasteiger partial charge on any atom is -0.395 e. The van der Waals surface area contributed by atoms with Gasteiger partial charge >= 0.3 is 0 Å². The number of benzene rings is 1. The molecule has 3 atom stereocenters. The number of amides is 1. The molecule has 0 aromatic heterocycles. The van der Waals surface area contributed by atoms with E-state index in [1.54, 1.807) is 13.2 Å². The van der Waals surface area contributed by atoms with Crippen LogP contribution in [0.3, 0.4) is 0 Å². The molecule has 0 bridgehead atoms. The molecular formula is C17H28ClN3O3. The number of hydrogen-bond donors (Lipinski definition) is 4. The summed E-state index contributed by atoms with van der Waals surface area (Å²) in [6, 6.07) is 5.30. The molecule has 0 aliphatic heterocycles. The van der Waals surface area contributed by atoms with Gasteiger partial charge in [0.25, 0.3) is 0 Å². The predicted molar refractivity (Wildman–Crippen MR) is 96.6 cm³/mol. The molecule has 1 aromatic carbocycles. The molecule has 0 saturated carbocycles. The molecule has 1 aromatic rings. The number of ether oxygens (including phenoxy) is 1. The van der Waals surface area contributed by atoms with Crippen LogP contribution in [0.15, 0.2) is 18.2 Å². The van der Waals surface area contributed by atoms with Gasteiger partial charge in [-0.05, 0) is 23.3 Å². The Bertz CT molecular complexity index is 580. The summed E-state index contributed by atoms with van der Waals surface area (Å²) in [5, 5.41) is 12.6. The normalized spacial score (nSPS) is 23.0. The molecule has 0 saturated heterocycles. The van der Waals surface area contributed by atoms with Crippen molar-refractivity contribution in [3.63, 3.8) is 0 Å². The van der Waals surface area contributed by atoms with E-state index in [-0.39, 0.29) is 42.6 Å². The second kappa shape index (κ2) is 8.27. The van der Waals surface area contributed by atoms with Gasteiger partial charge in [-0.3, -0.25) is 4.79 Å². The molecule has 1 aliphatic rings. The molecule has 6 nitrogen and oxygen atoms in total. The number of aliphatic hydroxyl groups excluding tert-OH is 1. The minimum atomic E-state index is -0.427. The van der Waals surface area contributed by atoms with E-state index >= 15 is 0 Å². The van der Waals surface area contributed by atoms with Crippen LogP contribution in [0.2, 0.25) is 0 Å². The summed E-state index contributed by atoms with van der Waals surface area (Å²) in [4.78, 5) is 11.5. The summed E-state index contributed by atoms with van der Waals surface area (Å²) < 4.78 is 5.68. The zero-order chi connectivity index (χ0) is 17.2. The van der Waals surface area contributed by atoms with Crippen LogP contribution in [0.25, 0.3) is 0 Å². The van der Waals surface area contributed by atoms with E-state index in [2.05, 4.69) is 19.2 Å². The van der Waals surface area contributed by atoms with Gasteiger partial charge in [0.15, 0.2) is 0 Å². The smallest absolute Gasteiger partial charge is 0.248 e. The van der Waals surface area contributed by atoms with Crippen LogP contribution in [-0.4, -0.2) is 49.5 Å². The summed E-state index contributed by atoms with van der Waals surface area (Å²) in [5.74, 6) is -0.427. The molecule has 136 valence electrons. The van der Waals surface area contributed by atoms with Crippen molar-refractivity contribution in [1.29, 1.82) is 0 Å². The highest BCUT2D eigenvalue weighted by Gasteiger charge is 2.42. The number of carbonyl (C=O) groups excluding carboxylic acids is 1. The third-order valence-electron chi connectivity index (χ3n) is 4.80. The van der Waals surface area contributed by atoms with E-state index < -0.39 is 5.91 Å². The topological polar surface area (TPSA) is 111 Å². The molecule has 1 amide bonds. The second-order valence-electron chi connectivity index (χ2n) is 6.76. The number of carbonyl (C=O) groups is 1. The van der Waals surface area contributed by atoms with Gasteiger partial charge in [-0.15, -0.1) is 12.4 Å². The zero-order valence-electron chi connectivity index (χ0n) is 14.4. The Kier molecular flexibility index (Phi) is 7.19. The minimum absolute atomic E-state index is 0. The van der Waals surface area contributed by atoms with E-state index in [0.29, 0.717) is 12.1 Å². The summed E-state index contributed by atoms with van der Waals surface area (Å²) in [6.45, 7) is 4.66. The maximum atomic E-state index is 11.5. The maximum Gasteiger partial charge on any atom is 0.248 e. The molecule has 24 heavy (non-hydrogen) atoms. The highest BCUT2D eigenvalue weighted by molar-refractivity contribution is 5.93. The van der Waals surface area contributed by atoms with E-state index in [4.69, 9.17) is 21.3 Å². The Morgan fingerprint density at radius 1 is 1.50 bits per heavy atom. The molecule has 0 fully saturated rings. The van der Waals surface area contributed by atoms with E-state index in [0.717, 1.165) is 17.5 Å². The van der Waals surface area contributed by atoms with Crippen molar-refractivity contribution in [2.24, 2.45) is 11.5 Å². The third kappa shape index (κ3) is 4.07. The lowest BCUT2D eigenvalue weighted by Gasteiger charge is -2.45. The molecule has 1 aliphatic carbocycles. The number of aliphatic hydroxyl groups is 1. The maximum absolute atomic E-state index is 11.5. The molecule has 2 rings (SSSR count). The van der Waals surface area contributed by atoms with Gasteiger partial charge in [0.1, 0.15) is 0 Å². The fourth-order valence-electron chi connectivity index (χ4n) is 3.42. The monoisotopic (exact) mass is 357 g/mol. The molecule has 0 radical (unpaired) electrons. The fraction of sp³-hybridized carbons (Fsp3) is 0.588. The van der Waals surface area contributed by atoms with Crippen molar-refractivity contribution in [3.05, 3.63) is 34.9 Å². The Balaban J connectivity index is 0.00000288. The van der Waals surface area contributed by atoms with E-state index in [9.17, 15) is 4.79 Å². The molecule has 7 heteroatoms. The number of nitrogens with one attached hydrogen (secondary N) is 1. The molecule has 6 N–H and O–H groups in total. The number of halogens is 1. The van der Waals surface area contributed by atoms with Crippen molar-refractivity contribution in [2.45, 2.75) is 43.9 Å². The van der Waals surface area contributed by atoms with Crippen LogP contribution in [0.5, 0.6) is 0 Å². The zero-order valence-corrected chi connectivity index (χ0v) is 15.2. The standard InChI is InChI=1S/C17H27N3O3.ClH/c1-17(2)13-6-11(16(19)22)5-4-10(13)7-14(23-3)15(17)20-8-12(18)9-21;/h4-6,12,14-15,20-21H,7-9,18H2,1-3H3,(H2,19,22);1H. The highest BCUT2D eigenvalue weighted by atomic mass is 35.5. The van der Waals surface area contributed by atoms with Gasteiger partial charge in [-0.1, -0.05) is 19.9 Å². The SMILES string of the molecule is COC1Cc2ccc(C(N)=O)cc2C(C)(C)C1NCC(N)CO.Cl. The average molecular weight is 358 g/mol. The van der Waals surface area contributed by atoms with Gasteiger partial charge in [-0.25, -0.2) is 0 Å². The van der Waals surface area contributed by atoms with E-state index in [1.807, 2.05) is 12.1 Å². The number of nitrogens with two attached hydrogens (primary N) is 2. The molecule has 0 heterocycles. The molecular weight excluding hydrogens is 330 g/mol. The Morgan fingerprint density at radius 2 is 2.17 bits per heavy atom. The first kappa shape index (κ1) is 20.9. The van der Waals surface area contributed by atoms with Crippen molar-refractivity contribution in [2.75, 3.05) is 20.3 Å². The van der Waals surface area contributed by atoms with Crippen molar-refractivity contribution < 1.29 is 14.6 Å². The van der Waals surface area contributed by atoms with Crippen LogP contribution >= 0.6 is 12.4 Å². The summed E-state index contributed by atoms with van der Waals surface area (Å²) in [5.41, 5.74) is 13.7. The Morgan fingerprint density at radius 3 is 2.71 bits per heavy atom. The Hall–Kier alpha value is -1.18. The quantitative estimate of drug-likeness (QED) is 0.586. The number of primary amides is 1. The van der Waals surface area contributed by atoms with Gasteiger partial charge in [0, 0.05) is 43.1 Å². The number of hydrogen-bond acceptors (Lipinski definition) is 5. The molecule has 3 unspecified atom stereocenters. The van der Waals surface area contributed by atoms with Gasteiger partial charge in [0.2, 0.25) is 5.91 Å². The van der Waals surface area contributed by atoms with Crippen molar-refractivity contribution in [3.8, 4) is 0 Å². The fourth-order valence-corrected chi connectivity index (χ4v) is 3.42. The van der Waals surface area contributed by atoms with Crippen molar-refractivity contribution in [1.82, 2.24) is 5.32 Å². The first-order chi connectivity index (χ1) is 10.8. The van der Waals surface area contributed by atoms with Gasteiger partial charge in [0.05, 0.1) is 12.7 Å². The van der Waals surface area contributed by atoms with Crippen LogP contribution < -0.4 is 16.8 Å². The van der Waals surface area contributed by atoms with Gasteiger partial charge in [-0.2, -0.15) is 0 Å². The van der Waals surface area contributed by atoms with Crippen LogP contribution in [0, 0.1) is 0 Å². The summed E-state index contributed by atoms with van der Waals surface area (Å²) in [7, 11) is 1.70. The van der Waals surface area contributed by atoms with Crippen LogP contribution in [-0.2, 0) is 16.6 Å². The Labute approximate surface area is 149 Å². The number of rotatable bonds is 6. The third-order valence-corrected chi connectivity index (χ3v) is 4.80. The van der Waals surface area contributed by atoms with E-state index in [1.165, 1.54) is 0 Å². The summed E-state index contributed by atoms with van der Waals surface area (Å²) >= 11 is 0. The number of fused-ring (bicyclic) bond motifs is 1. The molecule has 0 spiro atoms. The lowest BCUT2D eigenvalue weighted by Crippen LogP contribution is -2.58. The van der Waals surface area contributed by atoms with Crippen molar-refractivity contribution >= 4 is 18.3 Å².